The summed E-state index contributed by atoms with van der Waals surface area (Å²) >= 11 is 0. The van der Waals surface area contributed by atoms with Crippen molar-refractivity contribution in [3.05, 3.63) is 216 Å². The van der Waals surface area contributed by atoms with Gasteiger partial charge >= 0.3 is 0 Å². The van der Waals surface area contributed by atoms with Gasteiger partial charge in [-0.1, -0.05) is 159 Å². The summed E-state index contributed by atoms with van der Waals surface area (Å²) in [5.74, 6) is 0.879. The molecule has 0 bridgehead atoms. The molecule has 0 saturated heterocycles. The lowest BCUT2D eigenvalue weighted by molar-refractivity contribution is 0.585. The molecule has 58 heavy (non-hydrogen) atoms. The van der Waals surface area contributed by atoms with E-state index in [4.69, 9.17) is 14.4 Å². The van der Waals surface area contributed by atoms with Crippen LogP contribution >= 0.6 is 0 Å². The van der Waals surface area contributed by atoms with Crippen LogP contribution in [0.15, 0.2) is 193 Å². The van der Waals surface area contributed by atoms with Crippen LogP contribution in [0.4, 0.5) is 0 Å². The second kappa shape index (κ2) is 13.1. The van der Waals surface area contributed by atoms with Crippen LogP contribution < -0.4 is 20.7 Å². The van der Waals surface area contributed by atoms with Crippen molar-refractivity contribution in [3.8, 4) is 11.4 Å². The Morgan fingerprint density at radius 2 is 1.24 bits per heavy atom. The fourth-order valence-corrected chi connectivity index (χ4v) is 14.8. The molecule has 0 amide bonds. The molecule has 1 atom stereocenters. The number of furan rings is 1. The number of fused-ring (bicyclic) bond motifs is 6. The second-order valence-electron chi connectivity index (χ2n) is 16.2. The molecule has 0 spiro atoms. The van der Waals surface area contributed by atoms with Crippen LogP contribution in [0.1, 0.15) is 47.7 Å². The standard InChI is InChI=1S/C53H41N3OSi/c1-53(2)44-26-16-30-54-51(44)50(43-33-42-41-25-10-13-29-48(41)57-49(42)34-45(43)53)35-17-14-23-39(31-35)58(37-19-6-4-7-20-37,38-21-8-5-9-22-38)40-24-15-18-36(32-40)52-55-46-27-11-12-28-47(46)56(52)3/h4-34,50H,1-3H3. The zero-order chi connectivity index (χ0) is 39.0. The first kappa shape index (κ1) is 34.4. The number of rotatable bonds is 6. The number of para-hydroxylation sites is 3. The molecule has 0 radical (unpaired) electrons. The molecule has 278 valence electrons. The first-order valence-electron chi connectivity index (χ1n) is 20.1. The van der Waals surface area contributed by atoms with E-state index >= 15 is 0 Å². The molecule has 7 aromatic carbocycles. The van der Waals surface area contributed by atoms with Crippen LogP contribution in [0.3, 0.4) is 0 Å². The molecule has 1 unspecified atom stereocenters. The lowest BCUT2D eigenvalue weighted by Gasteiger charge is -2.39. The van der Waals surface area contributed by atoms with E-state index in [0.29, 0.717) is 0 Å². The number of hydrogen-bond acceptors (Lipinski definition) is 3. The second-order valence-corrected chi connectivity index (χ2v) is 20.0. The van der Waals surface area contributed by atoms with Gasteiger partial charge in [-0.3, -0.25) is 4.98 Å². The fraction of sp³-hybridized carbons (Fsp3) is 0.0943. The highest BCUT2D eigenvalue weighted by molar-refractivity contribution is 7.19. The molecular weight excluding hydrogens is 723 g/mol. The van der Waals surface area contributed by atoms with Gasteiger partial charge < -0.3 is 8.98 Å². The maximum absolute atomic E-state index is 6.50. The van der Waals surface area contributed by atoms with Crippen molar-refractivity contribution in [2.75, 3.05) is 0 Å². The molecule has 0 saturated carbocycles. The molecule has 5 heteroatoms. The lowest BCUT2D eigenvalue weighted by Crippen LogP contribution is -2.74. The van der Waals surface area contributed by atoms with Crippen LogP contribution in [0.2, 0.25) is 0 Å². The van der Waals surface area contributed by atoms with Crippen molar-refractivity contribution >= 4 is 61.8 Å². The number of hydrogen-bond donors (Lipinski definition) is 0. The Morgan fingerprint density at radius 3 is 2.02 bits per heavy atom. The van der Waals surface area contributed by atoms with E-state index in [9.17, 15) is 0 Å². The Bertz CT molecular complexity index is 3140. The van der Waals surface area contributed by atoms with E-state index < -0.39 is 8.07 Å². The normalized spacial score (nSPS) is 14.8. The van der Waals surface area contributed by atoms with Crippen molar-refractivity contribution < 1.29 is 4.42 Å². The van der Waals surface area contributed by atoms with Gasteiger partial charge in [-0.05, 0) is 79.4 Å². The van der Waals surface area contributed by atoms with Crippen LogP contribution in [0.5, 0.6) is 0 Å². The molecule has 1 aliphatic carbocycles. The minimum atomic E-state index is -2.97. The highest BCUT2D eigenvalue weighted by atomic mass is 28.3. The van der Waals surface area contributed by atoms with E-state index in [1.807, 2.05) is 12.3 Å². The first-order chi connectivity index (χ1) is 28.4. The van der Waals surface area contributed by atoms with E-state index in [1.165, 1.54) is 43.0 Å². The summed E-state index contributed by atoms with van der Waals surface area (Å²) in [5.41, 5.74) is 10.9. The number of imidazole rings is 1. The Hall–Kier alpha value is -6.82. The van der Waals surface area contributed by atoms with E-state index in [0.717, 1.165) is 50.1 Å². The number of pyridine rings is 1. The summed E-state index contributed by atoms with van der Waals surface area (Å²) in [6, 6.07) is 66.9. The van der Waals surface area contributed by atoms with E-state index in [-0.39, 0.29) is 11.3 Å². The predicted molar refractivity (Wildman–Crippen MR) is 241 cm³/mol. The Labute approximate surface area is 339 Å². The summed E-state index contributed by atoms with van der Waals surface area (Å²) in [6.07, 6.45) is 1.96. The molecular formula is C53H41N3OSi. The zero-order valence-electron chi connectivity index (χ0n) is 32.7. The third kappa shape index (κ3) is 5.06. The minimum absolute atomic E-state index is 0.0817. The summed E-state index contributed by atoms with van der Waals surface area (Å²) < 4.78 is 8.72. The molecule has 1 aliphatic rings. The van der Waals surface area contributed by atoms with Gasteiger partial charge in [0.2, 0.25) is 0 Å². The molecule has 4 nitrogen and oxygen atoms in total. The topological polar surface area (TPSA) is 43.9 Å². The van der Waals surface area contributed by atoms with E-state index in [1.54, 1.807) is 0 Å². The Balaban J connectivity index is 1.18. The monoisotopic (exact) mass is 763 g/mol. The third-order valence-corrected chi connectivity index (χ3v) is 17.5. The van der Waals surface area contributed by atoms with Crippen molar-refractivity contribution in [2.45, 2.75) is 25.2 Å². The summed E-state index contributed by atoms with van der Waals surface area (Å²) in [4.78, 5) is 10.4. The van der Waals surface area contributed by atoms with Gasteiger partial charge in [-0.2, -0.15) is 0 Å². The van der Waals surface area contributed by atoms with Crippen LogP contribution in [0, 0.1) is 0 Å². The predicted octanol–water partition coefficient (Wildman–Crippen LogP) is 9.73. The Kier molecular flexibility index (Phi) is 7.79. The van der Waals surface area contributed by atoms with Gasteiger partial charge in [0.15, 0.2) is 8.07 Å². The van der Waals surface area contributed by atoms with Crippen molar-refractivity contribution in [2.24, 2.45) is 7.05 Å². The minimum Gasteiger partial charge on any atom is -0.456 e. The van der Waals surface area contributed by atoms with Gasteiger partial charge in [0.1, 0.15) is 17.0 Å². The van der Waals surface area contributed by atoms with Crippen LogP contribution in [-0.2, 0) is 12.5 Å². The molecule has 11 rings (SSSR count). The van der Waals surface area contributed by atoms with Gasteiger partial charge in [0.05, 0.1) is 22.6 Å². The van der Waals surface area contributed by atoms with Gasteiger partial charge in [-0.15, -0.1) is 0 Å². The highest BCUT2D eigenvalue weighted by Gasteiger charge is 2.44. The average Bonchev–Trinajstić information content (AvgIpc) is 3.81. The van der Waals surface area contributed by atoms with Gasteiger partial charge in [-0.25, -0.2) is 4.98 Å². The number of benzene rings is 7. The largest absolute Gasteiger partial charge is 0.456 e. The molecule has 0 N–H and O–H groups in total. The van der Waals surface area contributed by atoms with Gasteiger partial charge in [0, 0.05) is 35.0 Å². The van der Waals surface area contributed by atoms with Crippen molar-refractivity contribution in [3.63, 3.8) is 0 Å². The number of nitrogens with zero attached hydrogens (tertiary/aromatic N) is 3. The number of aromatic nitrogens is 3. The Morgan fingerprint density at radius 1 is 0.569 bits per heavy atom. The molecule has 10 aromatic rings. The van der Waals surface area contributed by atoms with Crippen molar-refractivity contribution in [1.29, 1.82) is 0 Å². The smallest absolute Gasteiger partial charge is 0.179 e. The third-order valence-electron chi connectivity index (χ3n) is 12.7. The fourth-order valence-electron chi connectivity index (χ4n) is 10.00. The first-order valence-corrected chi connectivity index (χ1v) is 22.1. The van der Waals surface area contributed by atoms with Crippen LogP contribution in [-0.4, -0.2) is 22.6 Å². The molecule has 3 aromatic heterocycles. The molecule has 0 aliphatic heterocycles. The summed E-state index contributed by atoms with van der Waals surface area (Å²) in [6.45, 7) is 4.65. The maximum Gasteiger partial charge on any atom is 0.179 e. The SMILES string of the molecule is Cn1c(-c2cccc([Si](c3ccccc3)(c3ccccc3)c3cccc(C4c5cc6c(cc5C(C)(C)c5cccnc54)oc4ccccc46)c3)c2)nc2ccccc21. The zero-order valence-corrected chi connectivity index (χ0v) is 33.7. The van der Waals surface area contributed by atoms with Crippen LogP contribution in [0.25, 0.3) is 44.4 Å². The molecule has 3 heterocycles. The average molecular weight is 764 g/mol. The highest BCUT2D eigenvalue weighted by Crippen LogP contribution is 2.50. The molecule has 0 fully saturated rings. The maximum atomic E-state index is 6.50. The lowest BCUT2D eigenvalue weighted by atomic mass is 9.65. The summed E-state index contributed by atoms with van der Waals surface area (Å²) in [5, 5.41) is 7.57. The van der Waals surface area contributed by atoms with Gasteiger partial charge in [0.25, 0.3) is 0 Å². The van der Waals surface area contributed by atoms with E-state index in [2.05, 4.69) is 201 Å². The number of aryl methyl sites for hydroxylation is 1. The summed E-state index contributed by atoms with van der Waals surface area (Å²) in [7, 11) is -0.848. The quantitative estimate of drug-likeness (QED) is 0.125. The van der Waals surface area contributed by atoms with Crippen molar-refractivity contribution in [1.82, 2.24) is 14.5 Å².